The summed E-state index contributed by atoms with van der Waals surface area (Å²) < 4.78 is 0. The van der Waals surface area contributed by atoms with Crippen molar-refractivity contribution in [1.82, 2.24) is 9.88 Å². The highest BCUT2D eigenvalue weighted by Gasteiger charge is 2.08. The summed E-state index contributed by atoms with van der Waals surface area (Å²) >= 11 is 0. The summed E-state index contributed by atoms with van der Waals surface area (Å²) in [5.41, 5.74) is 7.62. The molecule has 0 fully saturated rings. The Balaban J connectivity index is 2.65. The van der Waals surface area contributed by atoms with Gasteiger partial charge >= 0.3 is 0 Å². The predicted octanol–water partition coefficient (Wildman–Crippen LogP) is 1.09. The molecule has 5 heteroatoms. The van der Waals surface area contributed by atoms with Gasteiger partial charge in [0.25, 0.3) is 0 Å². The number of anilines is 3. The van der Waals surface area contributed by atoms with E-state index in [0.717, 1.165) is 31.1 Å². The average Bonchev–Trinajstić information content (AvgIpc) is 2.35. The maximum atomic E-state index is 5.98. The SMILES string of the molecule is CCN(C)CCN(C)c1ncc(NC)cc1N. The average molecular weight is 237 g/mol. The van der Waals surface area contributed by atoms with Crippen LogP contribution in [0.2, 0.25) is 0 Å². The van der Waals surface area contributed by atoms with Gasteiger partial charge in [-0.25, -0.2) is 4.98 Å². The van der Waals surface area contributed by atoms with Crippen LogP contribution < -0.4 is 16.0 Å². The van der Waals surface area contributed by atoms with E-state index >= 15 is 0 Å². The van der Waals surface area contributed by atoms with Crippen LogP contribution in [0.5, 0.6) is 0 Å². The second kappa shape index (κ2) is 6.30. The first-order chi connectivity index (χ1) is 8.08. The summed E-state index contributed by atoms with van der Waals surface area (Å²) in [5, 5.41) is 3.02. The fourth-order valence-corrected chi connectivity index (χ4v) is 1.51. The molecule has 0 amide bonds. The Morgan fingerprint density at radius 2 is 2.06 bits per heavy atom. The van der Waals surface area contributed by atoms with Crippen molar-refractivity contribution >= 4 is 17.2 Å². The Kier molecular flexibility index (Phi) is 5.03. The Morgan fingerprint density at radius 3 is 2.59 bits per heavy atom. The zero-order chi connectivity index (χ0) is 12.8. The number of nitrogens with one attached hydrogen (secondary N) is 1. The Bertz CT molecular complexity index is 353. The highest BCUT2D eigenvalue weighted by Crippen LogP contribution is 2.21. The van der Waals surface area contributed by atoms with Crippen molar-refractivity contribution in [2.45, 2.75) is 6.92 Å². The van der Waals surface area contributed by atoms with Crippen LogP contribution in [0.4, 0.5) is 17.2 Å². The zero-order valence-electron chi connectivity index (χ0n) is 11.2. The van der Waals surface area contributed by atoms with Gasteiger partial charge in [-0.05, 0) is 19.7 Å². The molecule has 0 aromatic carbocycles. The summed E-state index contributed by atoms with van der Waals surface area (Å²) in [7, 11) is 5.98. The van der Waals surface area contributed by atoms with Crippen LogP contribution in [0.25, 0.3) is 0 Å². The van der Waals surface area contributed by atoms with Gasteiger partial charge in [-0.2, -0.15) is 0 Å². The number of nitrogen functional groups attached to an aromatic ring is 1. The molecule has 96 valence electrons. The lowest BCUT2D eigenvalue weighted by atomic mass is 10.3. The molecule has 0 saturated heterocycles. The summed E-state index contributed by atoms with van der Waals surface area (Å²) in [4.78, 5) is 8.72. The molecule has 0 unspecified atom stereocenters. The molecule has 0 aliphatic carbocycles. The van der Waals surface area contributed by atoms with E-state index in [1.165, 1.54) is 0 Å². The van der Waals surface area contributed by atoms with Crippen molar-refractivity contribution in [3.8, 4) is 0 Å². The number of rotatable bonds is 6. The summed E-state index contributed by atoms with van der Waals surface area (Å²) in [5.74, 6) is 0.841. The van der Waals surface area contributed by atoms with Crippen LogP contribution in [0.15, 0.2) is 12.3 Å². The molecule has 0 radical (unpaired) electrons. The Morgan fingerprint density at radius 1 is 1.35 bits per heavy atom. The van der Waals surface area contributed by atoms with Gasteiger partial charge in [0.05, 0.1) is 17.6 Å². The topological polar surface area (TPSA) is 57.4 Å². The van der Waals surface area contributed by atoms with E-state index in [4.69, 9.17) is 5.73 Å². The first kappa shape index (κ1) is 13.6. The number of hydrogen-bond acceptors (Lipinski definition) is 5. The van der Waals surface area contributed by atoms with E-state index in [2.05, 4.69) is 34.1 Å². The molecule has 1 aromatic heterocycles. The fourth-order valence-electron chi connectivity index (χ4n) is 1.51. The number of nitrogens with two attached hydrogens (primary N) is 1. The highest BCUT2D eigenvalue weighted by atomic mass is 15.2. The molecular formula is C12H23N5. The lowest BCUT2D eigenvalue weighted by Crippen LogP contribution is -2.31. The van der Waals surface area contributed by atoms with E-state index in [1.807, 2.05) is 20.2 Å². The number of pyridine rings is 1. The molecule has 17 heavy (non-hydrogen) atoms. The first-order valence-electron chi connectivity index (χ1n) is 5.91. The molecule has 0 aliphatic heterocycles. The summed E-state index contributed by atoms with van der Waals surface area (Å²) in [6.45, 7) is 5.12. The van der Waals surface area contributed by atoms with Crippen molar-refractivity contribution in [3.05, 3.63) is 12.3 Å². The summed E-state index contributed by atoms with van der Waals surface area (Å²) in [6, 6.07) is 1.91. The minimum Gasteiger partial charge on any atom is -0.396 e. The van der Waals surface area contributed by atoms with Gasteiger partial charge in [-0.1, -0.05) is 6.92 Å². The molecule has 1 heterocycles. The van der Waals surface area contributed by atoms with Crippen LogP contribution in [0, 0.1) is 0 Å². The molecule has 5 nitrogen and oxygen atoms in total. The predicted molar refractivity (Wildman–Crippen MR) is 74.6 cm³/mol. The zero-order valence-corrected chi connectivity index (χ0v) is 11.2. The molecule has 0 aliphatic rings. The molecule has 0 atom stereocenters. The molecule has 3 N–H and O–H groups in total. The molecular weight excluding hydrogens is 214 g/mol. The molecule has 0 saturated carbocycles. The van der Waals surface area contributed by atoms with Gasteiger partial charge in [-0.3, -0.25) is 0 Å². The molecule has 0 bridgehead atoms. The van der Waals surface area contributed by atoms with E-state index in [9.17, 15) is 0 Å². The van der Waals surface area contributed by atoms with Gasteiger partial charge in [0.1, 0.15) is 0 Å². The van der Waals surface area contributed by atoms with E-state index in [-0.39, 0.29) is 0 Å². The van der Waals surface area contributed by atoms with Crippen molar-refractivity contribution < 1.29 is 0 Å². The smallest absolute Gasteiger partial charge is 0.151 e. The van der Waals surface area contributed by atoms with Crippen LogP contribution in [0.1, 0.15) is 6.92 Å². The standard InChI is InChI=1S/C12H23N5/c1-5-16(3)6-7-17(4)12-11(13)8-10(14-2)9-15-12/h8-9,14H,5-7,13H2,1-4H3. The maximum absolute atomic E-state index is 5.98. The van der Waals surface area contributed by atoms with E-state index in [1.54, 1.807) is 6.20 Å². The monoisotopic (exact) mass is 237 g/mol. The molecule has 1 aromatic rings. The van der Waals surface area contributed by atoms with Crippen molar-refractivity contribution in [2.75, 3.05) is 56.7 Å². The third kappa shape index (κ3) is 3.78. The normalized spacial score (nSPS) is 10.6. The number of likely N-dealkylation sites (N-methyl/N-ethyl adjacent to an activating group) is 2. The first-order valence-corrected chi connectivity index (χ1v) is 5.91. The maximum Gasteiger partial charge on any atom is 0.151 e. The van der Waals surface area contributed by atoms with Crippen LogP contribution in [0.3, 0.4) is 0 Å². The van der Waals surface area contributed by atoms with Gasteiger partial charge in [-0.15, -0.1) is 0 Å². The number of aromatic nitrogens is 1. The largest absolute Gasteiger partial charge is 0.396 e. The van der Waals surface area contributed by atoms with E-state index < -0.39 is 0 Å². The van der Waals surface area contributed by atoms with Gasteiger partial charge in [0.2, 0.25) is 0 Å². The Hall–Kier alpha value is -1.49. The van der Waals surface area contributed by atoms with Gasteiger partial charge in [0.15, 0.2) is 5.82 Å². The van der Waals surface area contributed by atoms with Crippen LogP contribution in [-0.4, -0.2) is 50.7 Å². The lowest BCUT2D eigenvalue weighted by molar-refractivity contribution is 0.360. The molecule has 0 spiro atoms. The van der Waals surface area contributed by atoms with Crippen molar-refractivity contribution in [2.24, 2.45) is 0 Å². The third-order valence-corrected chi connectivity index (χ3v) is 2.90. The van der Waals surface area contributed by atoms with E-state index in [0.29, 0.717) is 5.69 Å². The molecule has 1 rings (SSSR count). The number of nitrogens with zero attached hydrogens (tertiary/aromatic N) is 3. The Labute approximate surface area is 104 Å². The van der Waals surface area contributed by atoms with Crippen molar-refractivity contribution in [3.63, 3.8) is 0 Å². The fraction of sp³-hybridized carbons (Fsp3) is 0.583. The second-order valence-corrected chi connectivity index (χ2v) is 4.20. The minimum atomic E-state index is 0.707. The minimum absolute atomic E-state index is 0.707. The van der Waals surface area contributed by atoms with Gasteiger partial charge in [0, 0.05) is 27.2 Å². The van der Waals surface area contributed by atoms with Crippen molar-refractivity contribution in [1.29, 1.82) is 0 Å². The third-order valence-electron chi connectivity index (χ3n) is 2.90. The van der Waals surface area contributed by atoms with Crippen LogP contribution in [-0.2, 0) is 0 Å². The van der Waals surface area contributed by atoms with Crippen LogP contribution >= 0.6 is 0 Å². The quantitative estimate of drug-likeness (QED) is 0.776. The number of hydrogen-bond donors (Lipinski definition) is 2. The highest BCUT2D eigenvalue weighted by molar-refractivity contribution is 5.67. The summed E-state index contributed by atoms with van der Waals surface area (Å²) in [6.07, 6.45) is 1.80. The lowest BCUT2D eigenvalue weighted by Gasteiger charge is -2.23. The van der Waals surface area contributed by atoms with Gasteiger partial charge < -0.3 is 20.9 Å². The second-order valence-electron chi connectivity index (χ2n) is 4.20.